The highest BCUT2D eigenvalue weighted by molar-refractivity contribution is 7.82. The van der Waals surface area contributed by atoms with Gasteiger partial charge in [-0.2, -0.15) is 12.6 Å². The molecule has 0 spiro atoms. The molecule has 0 aliphatic carbocycles. The van der Waals surface area contributed by atoms with Gasteiger partial charge < -0.3 is 4.43 Å². The maximum Gasteiger partial charge on any atom is 0.173 e. The third-order valence-corrected chi connectivity index (χ3v) is 1.67. The van der Waals surface area contributed by atoms with Gasteiger partial charge in [0.25, 0.3) is 0 Å². The summed E-state index contributed by atoms with van der Waals surface area (Å²) >= 11 is 4.11. The highest BCUT2D eigenvalue weighted by Gasteiger charge is 1.89. The summed E-state index contributed by atoms with van der Waals surface area (Å²) in [5.41, 5.74) is 0. The second-order valence-electron chi connectivity index (χ2n) is 1.30. The highest BCUT2D eigenvalue weighted by atomic mass is 32.1. The van der Waals surface area contributed by atoms with E-state index in [2.05, 4.69) is 19.6 Å². The van der Waals surface area contributed by atoms with Crippen molar-refractivity contribution in [3.05, 3.63) is 0 Å². The first-order chi connectivity index (χ1) is 2.77. The Hall–Kier alpha value is 0.527. The second-order valence-corrected chi connectivity index (χ2v) is 5.01. The topological polar surface area (TPSA) is 9.23 Å². The fourth-order valence-corrected chi connectivity index (χ4v) is 1.17. The van der Waals surface area contributed by atoms with Gasteiger partial charge in [-0.3, -0.25) is 0 Å². The molecule has 0 aliphatic heterocycles. The Morgan fingerprint density at radius 3 is 2.33 bits per heavy atom. The molecule has 6 heavy (non-hydrogen) atoms. The smallest absolute Gasteiger partial charge is 0.173 e. The third-order valence-electron chi connectivity index (χ3n) is 0.408. The van der Waals surface area contributed by atoms with Crippen molar-refractivity contribution < 1.29 is 4.43 Å². The predicted molar refractivity (Wildman–Crippen MR) is 34.0 cm³/mol. The molecule has 0 aliphatic rings. The summed E-state index contributed by atoms with van der Waals surface area (Å²) in [6, 6.07) is 0. The number of thiol groups is 1. The van der Waals surface area contributed by atoms with Gasteiger partial charge in [0.05, 0.1) is 0 Å². The van der Waals surface area contributed by atoms with Crippen LogP contribution in [0.3, 0.4) is 0 Å². The summed E-state index contributed by atoms with van der Waals surface area (Å²) in [6.45, 7) is 2.05. The average Bonchev–Trinajstić information content (AvgIpc) is 1.35. The fraction of sp³-hybridized carbons (Fsp3) is 1.00. The molecule has 0 radical (unpaired) electrons. The van der Waals surface area contributed by atoms with Crippen LogP contribution in [-0.4, -0.2) is 21.7 Å². The van der Waals surface area contributed by atoms with E-state index >= 15 is 0 Å². The van der Waals surface area contributed by atoms with Crippen LogP contribution in [0.4, 0.5) is 0 Å². The lowest BCUT2D eigenvalue weighted by atomic mass is 11.0. The second kappa shape index (κ2) is 3.71. The molecule has 1 unspecified atom stereocenters. The maximum absolute atomic E-state index is 4.87. The van der Waals surface area contributed by atoms with Crippen LogP contribution in [0.25, 0.3) is 0 Å². The Bertz CT molecular complexity index is 32.0. The molecule has 0 aromatic rings. The van der Waals surface area contributed by atoms with E-state index in [0.29, 0.717) is 4.87 Å². The molecule has 0 rings (SSSR count). The van der Waals surface area contributed by atoms with Gasteiger partial charge in [0.1, 0.15) is 0 Å². The molecular formula is C3H10OSSi. The van der Waals surface area contributed by atoms with Crippen molar-refractivity contribution in [2.45, 2.75) is 11.8 Å². The van der Waals surface area contributed by atoms with E-state index in [1.165, 1.54) is 0 Å². The minimum Gasteiger partial charge on any atom is -0.426 e. The van der Waals surface area contributed by atoms with E-state index in [1.54, 1.807) is 7.11 Å². The first-order valence-corrected chi connectivity index (χ1v) is 3.85. The lowest BCUT2D eigenvalue weighted by molar-refractivity contribution is 0.441. The van der Waals surface area contributed by atoms with E-state index in [-0.39, 0.29) is 9.76 Å². The first kappa shape index (κ1) is 6.53. The minimum atomic E-state index is -0.279. The monoisotopic (exact) mass is 122 g/mol. The standard InChI is InChI=1S/C3H10OSSi/c1-3(5)6-4-2/h3,5H,6H2,1-2H3. The Morgan fingerprint density at radius 1 is 1.83 bits per heavy atom. The van der Waals surface area contributed by atoms with Crippen molar-refractivity contribution in [2.75, 3.05) is 7.11 Å². The fourth-order valence-electron chi connectivity index (χ4n) is 0.241. The zero-order valence-electron chi connectivity index (χ0n) is 4.14. The Balaban J connectivity index is 2.63. The molecule has 0 heterocycles. The molecular weight excluding hydrogens is 112 g/mol. The van der Waals surface area contributed by atoms with Crippen molar-refractivity contribution in [1.82, 2.24) is 0 Å². The molecule has 0 fully saturated rings. The van der Waals surface area contributed by atoms with E-state index in [4.69, 9.17) is 4.43 Å². The molecule has 0 N–H and O–H groups in total. The molecule has 0 aromatic heterocycles. The van der Waals surface area contributed by atoms with Crippen molar-refractivity contribution in [3.63, 3.8) is 0 Å². The molecule has 3 heteroatoms. The molecule has 0 saturated heterocycles. The summed E-state index contributed by atoms with van der Waals surface area (Å²) in [4.78, 5) is 0.509. The van der Waals surface area contributed by atoms with Crippen LogP contribution in [-0.2, 0) is 4.43 Å². The molecule has 38 valence electrons. The summed E-state index contributed by atoms with van der Waals surface area (Å²) in [6.07, 6.45) is 0. The van der Waals surface area contributed by atoms with E-state index in [9.17, 15) is 0 Å². The SMILES string of the molecule is CO[SiH2]C(C)S. The van der Waals surface area contributed by atoms with E-state index in [1.807, 2.05) is 0 Å². The molecule has 0 aromatic carbocycles. The lowest BCUT2D eigenvalue weighted by Gasteiger charge is -1.95. The molecule has 0 saturated carbocycles. The maximum atomic E-state index is 4.87. The number of rotatable bonds is 2. The summed E-state index contributed by atoms with van der Waals surface area (Å²) < 4.78 is 4.87. The van der Waals surface area contributed by atoms with Gasteiger partial charge >= 0.3 is 0 Å². The highest BCUT2D eigenvalue weighted by Crippen LogP contribution is 1.86. The summed E-state index contributed by atoms with van der Waals surface area (Å²) in [5.74, 6) is 0. The summed E-state index contributed by atoms with van der Waals surface area (Å²) in [5, 5.41) is 0. The van der Waals surface area contributed by atoms with E-state index < -0.39 is 0 Å². The Morgan fingerprint density at radius 2 is 2.33 bits per heavy atom. The zero-order valence-corrected chi connectivity index (χ0v) is 6.45. The molecule has 0 bridgehead atoms. The van der Waals surface area contributed by atoms with Crippen molar-refractivity contribution in [2.24, 2.45) is 0 Å². The van der Waals surface area contributed by atoms with Crippen molar-refractivity contribution in [3.8, 4) is 0 Å². The normalized spacial score (nSPS) is 16.5. The van der Waals surface area contributed by atoms with Gasteiger partial charge in [-0.15, -0.1) is 0 Å². The molecule has 0 amide bonds. The zero-order chi connectivity index (χ0) is 4.99. The van der Waals surface area contributed by atoms with Gasteiger partial charge in [0.15, 0.2) is 9.76 Å². The van der Waals surface area contributed by atoms with Crippen LogP contribution in [0, 0.1) is 0 Å². The Kier molecular flexibility index (Phi) is 4.03. The first-order valence-electron chi connectivity index (χ1n) is 1.94. The largest absolute Gasteiger partial charge is 0.426 e. The van der Waals surface area contributed by atoms with Crippen LogP contribution < -0.4 is 0 Å². The Labute approximate surface area is 46.4 Å². The van der Waals surface area contributed by atoms with Crippen LogP contribution in [0.2, 0.25) is 0 Å². The van der Waals surface area contributed by atoms with Gasteiger partial charge in [-0.1, -0.05) is 6.92 Å². The van der Waals surface area contributed by atoms with Crippen LogP contribution in [0.5, 0.6) is 0 Å². The number of hydrogen-bond acceptors (Lipinski definition) is 2. The minimum absolute atomic E-state index is 0.279. The van der Waals surface area contributed by atoms with Crippen LogP contribution in [0.15, 0.2) is 0 Å². The van der Waals surface area contributed by atoms with Crippen LogP contribution in [0.1, 0.15) is 6.92 Å². The van der Waals surface area contributed by atoms with Crippen molar-refractivity contribution >= 4 is 22.4 Å². The molecule has 1 nitrogen and oxygen atoms in total. The lowest BCUT2D eigenvalue weighted by Crippen LogP contribution is -2.05. The molecule has 1 atom stereocenters. The van der Waals surface area contributed by atoms with Gasteiger partial charge in [-0.05, 0) is 0 Å². The van der Waals surface area contributed by atoms with Crippen molar-refractivity contribution in [1.29, 1.82) is 0 Å². The van der Waals surface area contributed by atoms with Gasteiger partial charge in [0, 0.05) is 12.0 Å². The third kappa shape index (κ3) is 4.53. The van der Waals surface area contributed by atoms with E-state index in [0.717, 1.165) is 0 Å². The summed E-state index contributed by atoms with van der Waals surface area (Å²) in [7, 11) is 1.46. The average molecular weight is 122 g/mol. The predicted octanol–water partition coefficient (Wildman–Crippen LogP) is -0.00760. The van der Waals surface area contributed by atoms with Crippen LogP contribution >= 0.6 is 12.6 Å². The van der Waals surface area contributed by atoms with Gasteiger partial charge in [0.2, 0.25) is 0 Å². The number of hydrogen-bond donors (Lipinski definition) is 1. The quantitative estimate of drug-likeness (QED) is 0.400. The van der Waals surface area contributed by atoms with Gasteiger partial charge in [-0.25, -0.2) is 0 Å².